The lowest BCUT2D eigenvalue weighted by Crippen LogP contribution is -2.31. The average Bonchev–Trinajstić information content (AvgIpc) is 2.46. The van der Waals surface area contributed by atoms with Gasteiger partial charge in [-0.2, -0.15) is 0 Å². The molecule has 1 unspecified atom stereocenters. The van der Waals surface area contributed by atoms with Gasteiger partial charge in [-0.1, -0.05) is 44.2 Å². The summed E-state index contributed by atoms with van der Waals surface area (Å²) in [5.41, 5.74) is 0.855. The summed E-state index contributed by atoms with van der Waals surface area (Å²) in [6.45, 7) is 5.37. The third-order valence-corrected chi connectivity index (χ3v) is 2.82. The topological polar surface area (TPSA) is 66.8 Å². The van der Waals surface area contributed by atoms with E-state index in [1.807, 2.05) is 49.1 Å². The number of ether oxygens (including phenoxy) is 1. The molecule has 5 nitrogen and oxygen atoms in total. The lowest BCUT2D eigenvalue weighted by Gasteiger charge is -2.29. The smallest absolute Gasteiger partial charge is 0.332 e. The van der Waals surface area contributed by atoms with Crippen LogP contribution < -0.4 is 0 Å². The molecule has 5 heteroatoms. The molecule has 0 saturated carbocycles. The van der Waals surface area contributed by atoms with Crippen LogP contribution in [0.4, 0.5) is 0 Å². The van der Waals surface area contributed by atoms with Gasteiger partial charge in [0.2, 0.25) is 0 Å². The maximum Gasteiger partial charge on any atom is 0.332 e. The quantitative estimate of drug-likeness (QED) is 0.470. The van der Waals surface area contributed by atoms with Crippen LogP contribution in [0.15, 0.2) is 42.5 Å². The molecule has 108 valence electrons. The van der Waals surface area contributed by atoms with Crippen molar-refractivity contribution in [3.05, 3.63) is 48.0 Å². The fourth-order valence-corrected chi connectivity index (χ4v) is 1.81. The third-order valence-electron chi connectivity index (χ3n) is 2.82. The van der Waals surface area contributed by atoms with Crippen LogP contribution in [-0.4, -0.2) is 35.0 Å². The first-order valence-electron chi connectivity index (χ1n) is 6.49. The van der Waals surface area contributed by atoms with E-state index in [9.17, 15) is 9.59 Å². The molecule has 0 amide bonds. The van der Waals surface area contributed by atoms with Crippen molar-refractivity contribution in [1.82, 2.24) is 4.90 Å². The number of hydrogen-bond acceptors (Lipinski definition) is 4. The second kappa shape index (κ2) is 8.12. The minimum Gasteiger partial charge on any atom is -0.478 e. The van der Waals surface area contributed by atoms with Gasteiger partial charge in [-0.25, -0.2) is 9.59 Å². The second-order valence-electron chi connectivity index (χ2n) is 4.09. The van der Waals surface area contributed by atoms with E-state index in [0.29, 0.717) is 13.1 Å². The molecule has 1 rings (SSSR count). The minimum atomic E-state index is -1.18. The van der Waals surface area contributed by atoms with E-state index < -0.39 is 18.2 Å². The number of carbonyl (C=O) groups is 2. The van der Waals surface area contributed by atoms with Crippen LogP contribution in [0.25, 0.3) is 0 Å². The number of rotatable bonds is 7. The van der Waals surface area contributed by atoms with Gasteiger partial charge in [-0.15, -0.1) is 0 Å². The zero-order chi connectivity index (χ0) is 15.0. The average molecular weight is 277 g/mol. The van der Waals surface area contributed by atoms with Crippen LogP contribution >= 0.6 is 0 Å². The molecule has 1 aromatic rings. The van der Waals surface area contributed by atoms with Gasteiger partial charge in [0.05, 0.1) is 0 Å². The molecule has 0 heterocycles. The largest absolute Gasteiger partial charge is 0.478 e. The van der Waals surface area contributed by atoms with Gasteiger partial charge in [-0.3, -0.25) is 4.90 Å². The highest BCUT2D eigenvalue weighted by molar-refractivity contribution is 5.90. The molecule has 20 heavy (non-hydrogen) atoms. The van der Waals surface area contributed by atoms with E-state index in [2.05, 4.69) is 0 Å². The van der Waals surface area contributed by atoms with Crippen molar-refractivity contribution < 1.29 is 19.4 Å². The second-order valence-corrected chi connectivity index (χ2v) is 4.09. The van der Waals surface area contributed by atoms with Gasteiger partial charge in [0, 0.05) is 17.7 Å². The molecule has 0 aliphatic rings. The molecule has 0 aromatic heterocycles. The Kier molecular flexibility index (Phi) is 6.46. The Morgan fingerprint density at radius 2 is 1.80 bits per heavy atom. The summed E-state index contributed by atoms with van der Waals surface area (Å²) >= 11 is 0. The minimum absolute atomic E-state index is 0.517. The number of nitrogens with zero attached hydrogens (tertiary/aromatic N) is 1. The van der Waals surface area contributed by atoms with Crippen LogP contribution in [0.1, 0.15) is 25.6 Å². The first-order valence-corrected chi connectivity index (χ1v) is 6.49. The highest BCUT2D eigenvalue weighted by atomic mass is 16.6. The molecule has 1 atom stereocenters. The lowest BCUT2D eigenvalue weighted by molar-refractivity contribution is -0.154. The predicted octanol–water partition coefficient (Wildman–Crippen LogP) is 2.21. The number of carboxylic acids is 1. The molecule has 0 bridgehead atoms. The van der Waals surface area contributed by atoms with Crippen LogP contribution in [0.2, 0.25) is 0 Å². The lowest BCUT2D eigenvalue weighted by atomic mass is 10.2. The summed E-state index contributed by atoms with van der Waals surface area (Å²) in [7, 11) is 0. The Morgan fingerprint density at radius 1 is 1.20 bits per heavy atom. The molecule has 0 saturated heterocycles. The molecule has 0 aliphatic heterocycles. The van der Waals surface area contributed by atoms with Gasteiger partial charge < -0.3 is 9.84 Å². The summed E-state index contributed by atoms with van der Waals surface area (Å²) in [6.07, 6.45) is 1.17. The number of hydrogen-bond donors (Lipinski definition) is 1. The first kappa shape index (κ1) is 15.9. The van der Waals surface area contributed by atoms with Crippen LogP contribution in [-0.2, 0) is 14.3 Å². The van der Waals surface area contributed by atoms with Crippen molar-refractivity contribution in [2.45, 2.75) is 20.1 Å². The maximum absolute atomic E-state index is 11.7. The summed E-state index contributed by atoms with van der Waals surface area (Å²) in [5, 5.41) is 8.51. The molecule has 1 N–H and O–H groups in total. The Bertz CT molecular complexity index is 466. The van der Waals surface area contributed by atoms with E-state index in [4.69, 9.17) is 9.84 Å². The monoisotopic (exact) mass is 277 g/mol. The number of carbonyl (C=O) groups excluding carboxylic acids is 1. The summed E-state index contributed by atoms with van der Waals surface area (Å²) < 4.78 is 5.37. The van der Waals surface area contributed by atoms with Gasteiger partial charge in [0.1, 0.15) is 0 Å². The molecular formula is C15H19NO4. The van der Waals surface area contributed by atoms with Gasteiger partial charge >= 0.3 is 11.9 Å². The van der Waals surface area contributed by atoms with Crippen LogP contribution in [0.3, 0.4) is 0 Å². The zero-order valence-corrected chi connectivity index (χ0v) is 11.7. The van der Waals surface area contributed by atoms with Crippen molar-refractivity contribution in [3.8, 4) is 0 Å². The van der Waals surface area contributed by atoms with Gasteiger partial charge in [-0.05, 0) is 13.1 Å². The maximum atomic E-state index is 11.7. The Morgan fingerprint density at radius 3 is 2.30 bits per heavy atom. The summed E-state index contributed by atoms with van der Waals surface area (Å²) in [5.74, 6) is -1.85. The zero-order valence-electron chi connectivity index (χ0n) is 11.7. The predicted molar refractivity (Wildman–Crippen MR) is 75.0 cm³/mol. The number of carboxylic acid groups (broad SMARTS) is 1. The number of benzene rings is 1. The van der Waals surface area contributed by atoms with E-state index in [0.717, 1.165) is 17.7 Å². The molecule has 0 spiro atoms. The van der Waals surface area contributed by atoms with E-state index in [1.54, 1.807) is 0 Å². The molecule has 0 fully saturated rings. The normalized spacial score (nSPS) is 12.6. The number of esters is 1. The Labute approximate surface area is 118 Å². The molecular weight excluding hydrogens is 258 g/mol. The van der Waals surface area contributed by atoms with Gasteiger partial charge in [0.15, 0.2) is 6.23 Å². The van der Waals surface area contributed by atoms with Crippen LogP contribution in [0.5, 0.6) is 0 Å². The summed E-state index contributed by atoms with van der Waals surface area (Å²) in [4.78, 5) is 24.0. The highest BCUT2D eigenvalue weighted by Gasteiger charge is 2.21. The van der Waals surface area contributed by atoms with Crippen molar-refractivity contribution >= 4 is 11.9 Å². The molecule has 0 aliphatic carbocycles. The van der Waals surface area contributed by atoms with Crippen molar-refractivity contribution in [2.75, 3.05) is 13.1 Å². The SMILES string of the molecule is CCN(CC)C(OC(=O)/C=C\C(=O)O)c1ccccc1. The van der Waals surface area contributed by atoms with E-state index in [-0.39, 0.29) is 0 Å². The Balaban J connectivity index is 2.89. The van der Waals surface area contributed by atoms with Crippen molar-refractivity contribution in [2.24, 2.45) is 0 Å². The van der Waals surface area contributed by atoms with Crippen LogP contribution in [0, 0.1) is 0 Å². The fourth-order valence-electron chi connectivity index (χ4n) is 1.81. The van der Waals surface area contributed by atoms with E-state index in [1.165, 1.54) is 0 Å². The third kappa shape index (κ3) is 4.85. The standard InChI is InChI=1S/C15H19NO4/c1-3-16(4-2)15(12-8-6-5-7-9-12)20-14(19)11-10-13(17)18/h5-11,15H,3-4H2,1-2H3,(H,17,18)/b11-10-. The van der Waals surface area contributed by atoms with E-state index >= 15 is 0 Å². The first-order chi connectivity index (χ1) is 9.58. The summed E-state index contributed by atoms with van der Waals surface area (Å²) in [6, 6.07) is 9.36. The molecule has 1 aromatic carbocycles. The molecule has 0 radical (unpaired) electrons. The Hall–Kier alpha value is -2.14. The van der Waals surface area contributed by atoms with Crippen molar-refractivity contribution in [3.63, 3.8) is 0 Å². The fraction of sp³-hybridized carbons (Fsp3) is 0.333. The highest BCUT2D eigenvalue weighted by Crippen LogP contribution is 2.21. The van der Waals surface area contributed by atoms with Gasteiger partial charge in [0.25, 0.3) is 0 Å². The van der Waals surface area contributed by atoms with Crippen molar-refractivity contribution in [1.29, 1.82) is 0 Å². The number of aliphatic carboxylic acids is 1.